The van der Waals surface area contributed by atoms with E-state index in [-0.39, 0.29) is 30.0 Å². The molecular formula is C19H28F2O6S. The van der Waals surface area contributed by atoms with Gasteiger partial charge >= 0.3 is 21.3 Å². The molecule has 5 rings (SSSR count). The lowest BCUT2D eigenvalue weighted by molar-refractivity contribution is -0.181. The standard InChI is InChI=1S/C19H28F2O6S/c1-16(2)13(8-22)14(16)18-6-11-3-12(7-18)5-17(4-11,9-18)10-27-15(23)19(20,21)28(24,25)26/h11-14,22H,3-10H2,1-2H3,(H,24,25,26). The van der Waals surface area contributed by atoms with E-state index in [1.165, 1.54) is 0 Å². The molecule has 5 aliphatic rings. The van der Waals surface area contributed by atoms with Crippen LogP contribution in [0.25, 0.3) is 0 Å². The molecule has 160 valence electrons. The van der Waals surface area contributed by atoms with Gasteiger partial charge in [0.15, 0.2) is 0 Å². The van der Waals surface area contributed by atoms with Crippen molar-refractivity contribution in [3.05, 3.63) is 0 Å². The number of aliphatic hydroxyl groups excluding tert-OH is 1. The molecule has 5 saturated carbocycles. The second-order valence-electron chi connectivity index (χ2n) is 10.5. The third-order valence-electron chi connectivity index (χ3n) is 8.21. The van der Waals surface area contributed by atoms with Crippen molar-refractivity contribution in [3.8, 4) is 0 Å². The van der Waals surface area contributed by atoms with Crippen LogP contribution in [0.2, 0.25) is 0 Å². The molecule has 0 amide bonds. The number of ether oxygens (including phenoxy) is 1. The van der Waals surface area contributed by atoms with Gasteiger partial charge in [0.2, 0.25) is 0 Å². The van der Waals surface area contributed by atoms with Crippen LogP contribution in [0.1, 0.15) is 52.4 Å². The van der Waals surface area contributed by atoms with Crippen molar-refractivity contribution in [1.29, 1.82) is 0 Å². The minimum absolute atomic E-state index is 0.0267. The monoisotopic (exact) mass is 422 g/mol. The number of aliphatic hydroxyl groups is 1. The molecule has 0 aromatic carbocycles. The van der Waals surface area contributed by atoms with E-state index in [1.807, 2.05) is 0 Å². The molecule has 4 unspecified atom stereocenters. The van der Waals surface area contributed by atoms with Crippen LogP contribution in [-0.2, 0) is 19.6 Å². The zero-order valence-electron chi connectivity index (χ0n) is 16.2. The first-order valence-electron chi connectivity index (χ1n) is 9.89. The molecule has 0 aromatic rings. The average Bonchev–Trinajstić information content (AvgIpc) is 3.12. The topological polar surface area (TPSA) is 101 Å². The Hall–Kier alpha value is -0.800. The van der Waals surface area contributed by atoms with E-state index in [2.05, 4.69) is 13.8 Å². The van der Waals surface area contributed by atoms with Crippen LogP contribution in [0.3, 0.4) is 0 Å². The van der Waals surface area contributed by atoms with Crippen molar-refractivity contribution in [2.24, 2.45) is 39.9 Å². The molecule has 5 aliphatic carbocycles. The number of esters is 1. The van der Waals surface area contributed by atoms with Crippen LogP contribution in [0, 0.1) is 39.9 Å². The lowest BCUT2D eigenvalue weighted by Gasteiger charge is -2.63. The predicted molar refractivity (Wildman–Crippen MR) is 94.8 cm³/mol. The maximum atomic E-state index is 13.6. The van der Waals surface area contributed by atoms with E-state index < -0.39 is 26.8 Å². The highest BCUT2D eigenvalue weighted by Gasteiger charge is 2.71. The van der Waals surface area contributed by atoms with Gasteiger partial charge in [-0.15, -0.1) is 0 Å². The Bertz CT molecular complexity index is 778. The van der Waals surface area contributed by atoms with Crippen LogP contribution in [0.15, 0.2) is 0 Å². The molecule has 0 aliphatic heterocycles. The third kappa shape index (κ3) is 2.83. The molecule has 0 spiro atoms. The normalized spacial score (nSPS) is 43.8. The number of hydrogen-bond donors (Lipinski definition) is 2. The summed E-state index contributed by atoms with van der Waals surface area (Å²) < 4.78 is 62.1. The molecule has 28 heavy (non-hydrogen) atoms. The second-order valence-corrected chi connectivity index (χ2v) is 11.9. The van der Waals surface area contributed by atoms with Gasteiger partial charge in [0.25, 0.3) is 0 Å². The first kappa shape index (κ1) is 20.5. The zero-order chi connectivity index (χ0) is 20.8. The minimum atomic E-state index is -5.86. The summed E-state index contributed by atoms with van der Waals surface area (Å²) in [5.41, 5.74) is -0.358. The van der Waals surface area contributed by atoms with Crippen LogP contribution < -0.4 is 0 Å². The van der Waals surface area contributed by atoms with E-state index >= 15 is 0 Å². The summed E-state index contributed by atoms with van der Waals surface area (Å²) in [4.78, 5) is 11.7. The summed E-state index contributed by atoms with van der Waals surface area (Å²) in [5.74, 6) is -0.729. The van der Waals surface area contributed by atoms with Gasteiger partial charge in [-0.05, 0) is 73.0 Å². The fourth-order valence-corrected chi connectivity index (χ4v) is 8.04. The Morgan fingerprint density at radius 2 is 1.75 bits per heavy atom. The Balaban J connectivity index is 1.54. The van der Waals surface area contributed by atoms with Crippen molar-refractivity contribution in [3.63, 3.8) is 0 Å². The Kier molecular flexibility index (Phi) is 4.30. The maximum Gasteiger partial charge on any atom is 0.465 e. The first-order valence-corrected chi connectivity index (χ1v) is 11.3. The summed E-state index contributed by atoms with van der Waals surface area (Å²) in [7, 11) is -5.86. The SMILES string of the molecule is CC1(C)C(CO)C1C12CC3CC(CC(COC(=O)C(F)(F)S(=O)(=O)O)(C3)C1)C2. The number of hydrogen-bond acceptors (Lipinski definition) is 5. The van der Waals surface area contributed by atoms with Gasteiger partial charge < -0.3 is 9.84 Å². The zero-order valence-corrected chi connectivity index (χ0v) is 17.0. The van der Waals surface area contributed by atoms with Gasteiger partial charge in [-0.25, -0.2) is 4.79 Å². The number of rotatable bonds is 6. The molecular weight excluding hydrogens is 394 g/mol. The number of carbonyl (C=O) groups excluding carboxylic acids is 1. The highest BCUT2D eigenvalue weighted by Crippen LogP contribution is 2.77. The van der Waals surface area contributed by atoms with Crippen molar-refractivity contribution < 1.29 is 36.4 Å². The molecule has 0 heterocycles. The van der Waals surface area contributed by atoms with Gasteiger partial charge in [0, 0.05) is 12.0 Å². The summed E-state index contributed by atoms with van der Waals surface area (Å²) in [5, 5.41) is 4.84. The van der Waals surface area contributed by atoms with Gasteiger partial charge in [0.05, 0.1) is 6.61 Å². The van der Waals surface area contributed by atoms with Crippen LogP contribution in [-0.4, -0.2) is 42.5 Å². The van der Waals surface area contributed by atoms with Gasteiger partial charge in [0.1, 0.15) is 0 Å². The van der Waals surface area contributed by atoms with Crippen molar-refractivity contribution in [2.75, 3.05) is 13.2 Å². The van der Waals surface area contributed by atoms with Gasteiger partial charge in [-0.3, -0.25) is 4.55 Å². The van der Waals surface area contributed by atoms with Crippen molar-refractivity contribution in [2.45, 2.75) is 57.6 Å². The first-order chi connectivity index (χ1) is 12.8. The molecule has 6 nitrogen and oxygen atoms in total. The van der Waals surface area contributed by atoms with E-state index in [1.54, 1.807) is 0 Å². The molecule has 4 bridgehead atoms. The average molecular weight is 422 g/mol. The summed E-state index contributed by atoms with van der Waals surface area (Å²) in [6, 6.07) is 0. The van der Waals surface area contributed by atoms with E-state index in [0.29, 0.717) is 17.8 Å². The van der Waals surface area contributed by atoms with Crippen molar-refractivity contribution in [1.82, 2.24) is 0 Å². The fourth-order valence-electron chi connectivity index (χ4n) is 7.77. The lowest BCUT2D eigenvalue weighted by atomic mass is 9.42. The highest BCUT2D eigenvalue weighted by molar-refractivity contribution is 7.87. The van der Waals surface area contributed by atoms with E-state index in [9.17, 15) is 27.1 Å². The maximum absolute atomic E-state index is 13.6. The Morgan fingerprint density at radius 1 is 1.18 bits per heavy atom. The molecule has 2 N–H and O–H groups in total. The molecule has 0 aromatic heterocycles. The van der Waals surface area contributed by atoms with Gasteiger partial charge in [-0.2, -0.15) is 17.2 Å². The van der Waals surface area contributed by atoms with E-state index in [4.69, 9.17) is 9.29 Å². The lowest BCUT2D eigenvalue weighted by Crippen LogP contribution is -2.55. The summed E-state index contributed by atoms with van der Waals surface area (Å²) in [6.45, 7) is 4.22. The number of halogens is 2. The number of alkyl halides is 2. The van der Waals surface area contributed by atoms with Crippen LogP contribution in [0.5, 0.6) is 0 Å². The molecule has 4 atom stereocenters. The molecule has 9 heteroatoms. The van der Waals surface area contributed by atoms with E-state index in [0.717, 1.165) is 38.5 Å². The smallest absolute Gasteiger partial charge is 0.460 e. The Labute approximate surface area is 163 Å². The third-order valence-corrected chi connectivity index (χ3v) is 9.02. The highest BCUT2D eigenvalue weighted by atomic mass is 32.2. The molecule has 5 fully saturated rings. The largest absolute Gasteiger partial charge is 0.465 e. The van der Waals surface area contributed by atoms with Crippen molar-refractivity contribution >= 4 is 16.1 Å². The second kappa shape index (κ2) is 5.88. The fraction of sp³-hybridized carbons (Fsp3) is 0.947. The van der Waals surface area contributed by atoms with Crippen LogP contribution >= 0.6 is 0 Å². The Morgan fingerprint density at radius 3 is 2.21 bits per heavy atom. The van der Waals surface area contributed by atoms with Gasteiger partial charge in [-0.1, -0.05) is 13.8 Å². The number of carbonyl (C=O) groups is 1. The van der Waals surface area contributed by atoms with Crippen LogP contribution in [0.4, 0.5) is 8.78 Å². The summed E-state index contributed by atoms with van der Waals surface area (Å²) in [6.07, 6.45) is 5.54. The molecule has 0 radical (unpaired) electrons. The summed E-state index contributed by atoms with van der Waals surface area (Å²) >= 11 is 0. The quantitative estimate of drug-likeness (QED) is 0.504. The molecule has 0 saturated heterocycles. The predicted octanol–water partition coefficient (Wildman–Crippen LogP) is 2.86. The minimum Gasteiger partial charge on any atom is -0.460 e.